The predicted octanol–water partition coefficient (Wildman–Crippen LogP) is 4.20. The number of rotatable bonds is 4. The Bertz CT molecular complexity index is 796. The maximum absolute atomic E-state index is 11.9. The Kier molecular flexibility index (Phi) is 3.78. The molecule has 3 aromatic rings. The van der Waals surface area contributed by atoms with E-state index in [1.54, 1.807) is 0 Å². The molecule has 3 heteroatoms. The number of carbonyl (C=O) groups is 1. The summed E-state index contributed by atoms with van der Waals surface area (Å²) in [6, 6.07) is 17.2. The Morgan fingerprint density at radius 1 is 0.826 bits per heavy atom. The van der Waals surface area contributed by atoms with E-state index < -0.39 is 0 Å². The van der Waals surface area contributed by atoms with Gasteiger partial charge in [-0.3, -0.25) is 4.79 Å². The lowest BCUT2D eigenvalue weighted by atomic mass is 10.1. The number of fused-ring (bicyclic) bond motifs is 3. The summed E-state index contributed by atoms with van der Waals surface area (Å²) in [5, 5.41) is 2.63. The van der Waals surface area contributed by atoms with Gasteiger partial charge < -0.3 is 9.47 Å². The molecule has 0 atom stereocenters. The molecule has 2 heterocycles. The zero-order valence-corrected chi connectivity index (χ0v) is 13.4. The number of likely N-dealkylation sites (tertiary alicyclic amines) is 1. The second kappa shape index (κ2) is 6.07. The summed E-state index contributed by atoms with van der Waals surface area (Å²) < 4.78 is 2.40. The molecule has 1 aliphatic heterocycles. The maximum atomic E-state index is 11.9. The van der Waals surface area contributed by atoms with Crippen LogP contribution in [0.25, 0.3) is 21.8 Å². The van der Waals surface area contributed by atoms with Gasteiger partial charge in [-0.1, -0.05) is 36.4 Å². The minimum absolute atomic E-state index is 0.332. The molecule has 0 saturated carbocycles. The summed E-state index contributed by atoms with van der Waals surface area (Å²) in [6.07, 6.45) is 3.95. The number of benzene rings is 2. The van der Waals surface area contributed by atoms with Crippen LogP contribution in [-0.4, -0.2) is 28.5 Å². The fourth-order valence-corrected chi connectivity index (χ4v) is 3.76. The fraction of sp³-hybridized carbons (Fsp3) is 0.350. The van der Waals surface area contributed by atoms with Crippen LogP contribution in [0.3, 0.4) is 0 Å². The van der Waals surface area contributed by atoms with Gasteiger partial charge in [0.05, 0.1) is 0 Å². The molecule has 1 aromatic heterocycles. The molecule has 1 saturated heterocycles. The number of carbonyl (C=O) groups excluding carboxylic acids is 1. The number of aromatic nitrogens is 1. The van der Waals surface area contributed by atoms with Gasteiger partial charge in [0, 0.05) is 47.9 Å². The lowest BCUT2D eigenvalue weighted by Gasteiger charge is -2.26. The molecule has 0 aliphatic carbocycles. The van der Waals surface area contributed by atoms with Gasteiger partial charge in [-0.05, 0) is 31.4 Å². The van der Waals surface area contributed by atoms with E-state index in [0.717, 1.165) is 45.3 Å². The van der Waals surface area contributed by atoms with E-state index in [-0.39, 0.29) is 0 Å². The molecule has 2 aromatic carbocycles. The highest BCUT2D eigenvalue weighted by atomic mass is 16.2. The van der Waals surface area contributed by atoms with Gasteiger partial charge in [0.15, 0.2) is 0 Å². The molecule has 0 bridgehead atoms. The fourth-order valence-electron chi connectivity index (χ4n) is 3.76. The third-order valence-electron chi connectivity index (χ3n) is 4.91. The first-order valence-corrected chi connectivity index (χ1v) is 8.58. The van der Waals surface area contributed by atoms with Gasteiger partial charge >= 0.3 is 0 Å². The second-order valence-electron chi connectivity index (χ2n) is 6.38. The number of para-hydroxylation sites is 2. The van der Waals surface area contributed by atoms with Crippen molar-refractivity contribution >= 4 is 27.7 Å². The highest BCUT2D eigenvalue weighted by molar-refractivity contribution is 6.07. The lowest BCUT2D eigenvalue weighted by Crippen LogP contribution is -2.36. The Hall–Kier alpha value is -2.29. The SMILES string of the molecule is O=C1CCCCN1CCCn1c2ccccc2c2ccccc21. The summed E-state index contributed by atoms with van der Waals surface area (Å²) in [5.74, 6) is 0.332. The van der Waals surface area contributed by atoms with Crippen LogP contribution < -0.4 is 0 Å². The quantitative estimate of drug-likeness (QED) is 0.709. The number of hydrogen-bond acceptors (Lipinski definition) is 1. The van der Waals surface area contributed by atoms with E-state index in [4.69, 9.17) is 0 Å². The third kappa shape index (κ3) is 2.61. The van der Waals surface area contributed by atoms with E-state index in [1.165, 1.54) is 21.8 Å². The molecule has 0 N–H and O–H groups in total. The minimum Gasteiger partial charge on any atom is -0.343 e. The van der Waals surface area contributed by atoms with Crippen LogP contribution >= 0.6 is 0 Å². The van der Waals surface area contributed by atoms with Crippen molar-refractivity contribution in [2.75, 3.05) is 13.1 Å². The Balaban J connectivity index is 1.59. The number of nitrogens with zero attached hydrogens (tertiary/aromatic N) is 2. The van der Waals surface area contributed by atoms with Crippen molar-refractivity contribution in [3.8, 4) is 0 Å². The number of hydrogen-bond donors (Lipinski definition) is 0. The molecule has 0 unspecified atom stereocenters. The molecule has 23 heavy (non-hydrogen) atoms. The number of piperidine rings is 1. The van der Waals surface area contributed by atoms with Crippen LogP contribution in [0.4, 0.5) is 0 Å². The number of amides is 1. The van der Waals surface area contributed by atoms with Gasteiger partial charge in [0.2, 0.25) is 5.91 Å². The molecule has 0 radical (unpaired) electrons. The van der Waals surface area contributed by atoms with Crippen molar-refractivity contribution in [1.82, 2.24) is 9.47 Å². The monoisotopic (exact) mass is 306 g/mol. The molecule has 3 nitrogen and oxygen atoms in total. The van der Waals surface area contributed by atoms with Crippen LogP contribution in [0.5, 0.6) is 0 Å². The van der Waals surface area contributed by atoms with E-state index in [0.29, 0.717) is 5.91 Å². The van der Waals surface area contributed by atoms with Crippen molar-refractivity contribution < 1.29 is 4.79 Å². The van der Waals surface area contributed by atoms with Gasteiger partial charge in [0.1, 0.15) is 0 Å². The summed E-state index contributed by atoms with van der Waals surface area (Å²) in [7, 11) is 0. The van der Waals surface area contributed by atoms with Gasteiger partial charge in [-0.2, -0.15) is 0 Å². The molecule has 0 spiro atoms. The van der Waals surface area contributed by atoms with Crippen LogP contribution in [0.15, 0.2) is 48.5 Å². The Morgan fingerprint density at radius 2 is 1.48 bits per heavy atom. The Morgan fingerprint density at radius 3 is 2.13 bits per heavy atom. The molecule has 118 valence electrons. The smallest absolute Gasteiger partial charge is 0.222 e. The topological polar surface area (TPSA) is 25.2 Å². The van der Waals surface area contributed by atoms with Crippen molar-refractivity contribution in [3.63, 3.8) is 0 Å². The van der Waals surface area contributed by atoms with Crippen molar-refractivity contribution in [1.29, 1.82) is 0 Å². The first-order valence-electron chi connectivity index (χ1n) is 8.58. The van der Waals surface area contributed by atoms with E-state index in [9.17, 15) is 4.79 Å². The largest absolute Gasteiger partial charge is 0.343 e. The van der Waals surface area contributed by atoms with Gasteiger partial charge in [-0.15, -0.1) is 0 Å². The summed E-state index contributed by atoms with van der Waals surface area (Å²) in [6.45, 7) is 2.77. The molecule has 1 fully saturated rings. The van der Waals surface area contributed by atoms with E-state index in [2.05, 4.69) is 53.1 Å². The zero-order chi connectivity index (χ0) is 15.6. The molecular weight excluding hydrogens is 284 g/mol. The molecule has 1 aliphatic rings. The van der Waals surface area contributed by atoms with Crippen molar-refractivity contribution in [2.45, 2.75) is 32.2 Å². The first-order chi connectivity index (χ1) is 11.3. The van der Waals surface area contributed by atoms with Crippen molar-refractivity contribution in [2.24, 2.45) is 0 Å². The highest BCUT2D eigenvalue weighted by Crippen LogP contribution is 2.28. The van der Waals surface area contributed by atoms with Crippen LogP contribution in [0, 0.1) is 0 Å². The van der Waals surface area contributed by atoms with Crippen molar-refractivity contribution in [3.05, 3.63) is 48.5 Å². The lowest BCUT2D eigenvalue weighted by molar-refractivity contribution is -0.133. The maximum Gasteiger partial charge on any atom is 0.222 e. The normalized spacial score (nSPS) is 15.7. The van der Waals surface area contributed by atoms with Gasteiger partial charge in [-0.25, -0.2) is 0 Å². The molecule has 4 rings (SSSR count). The average molecular weight is 306 g/mol. The average Bonchev–Trinajstić information content (AvgIpc) is 2.91. The van der Waals surface area contributed by atoms with Gasteiger partial charge in [0.25, 0.3) is 0 Å². The minimum atomic E-state index is 0.332. The molecule has 1 amide bonds. The first kappa shape index (κ1) is 14.3. The molecular formula is C20H22N2O. The van der Waals surface area contributed by atoms with E-state index >= 15 is 0 Å². The standard InChI is InChI=1S/C20H22N2O/c23-20-12-5-6-13-21(20)14-7-15-22-18-10-3-1-8-16(18)17-9-2-4-11-19(17)22/h1-4,8-11H,5-7,12-15H2. The number of aryl methyl sites for hydroxylation is 1. The summed E-state index contributed by atoms with van der Waals surface area (Å²) in [5.41, 5.74) is 2.58. The summed E-state index contributed by atoms with van der Waals surface area (Å²) >= 11 is 0. The second-order valence-corrected chi connectivity index (χ2v) is 6.38. The zero-order valence-electron chi connectivity index (χ0n) is 13.4. The van der Waals surface area contributed by atoms with Crippen LogP contribution in [0.1, 0.15) is 25.7 Å². The predicted molar refractivity (Wildman–Crippen MR) is 94.5 cm³/mol. The van der Waals surface area contributed by atoms with E-state index in [1.807, 2.05) is 4.90 Å². The third-order valence-corrected chi connectivity index (χ3v) is 4.91. The summed E-state index contributed by atoms with van der Waals surface area (Å²) in [4.78, 5) is 14.0. The van der Waals surface area contributed by atoms with Crippen LogP contribution in [0.2, 0.25) is 0 Å². The highest BCUT2D eigenvalue weighted by Gasteiger charge is 2.17. The van der Waals surface area contributed by atoms with Crippen LogP contribution in [-0.2, 0) is 11.3 Å². The Labute approximate surface area is 136 Å².